The van der Waals surface area contributed by atoms with Crippen molar-refractivity contribution in [3.8, 4) is 0 Å². The van der Waals surface area contributed by atoms with E-state index in [-0.39, 0.29) is 23.2 Å². The number of fused-ring (bicyclic) bond motifs is 2. The molecule has 9 heteroatoms. The molecule has 2 fully saturated rings. The van der Waals surface area contributed by atoms with Crippen LogP contribution in [-0.2, 0) is 4.74 Å². The summed E-state index contributed by atoms with van der Waals surface area (Å²) in [6, 6.07) is 3.44. The Kier molecular flexibility index (Phi) is 4.20. The van der Waals surface area contributed by atoms with Crippen molar-refractivity contribution in [3.05, 3.63) is 38.4 Å². The van der Waals surface area contributed by atoms with E-state index in [0.717, 1.165) is 43.9 Å². The smallest absolute Gasteiger partial charge is 0.301 e. The third-order valence-corrected chi connectivity index (χ3v) is 4.15. The highest BCUT2D eigenvalue weighted by atomic mass is 16.6. The van der Waals surface area contributed by atoms with Crippen LogP contribution in [0.4, 0.5) is 17.1 Å². The maximum atomic E-state index is 11.1. The SMILES string of the molecule is O=[N+]([O-])c1ccc(N/N=C2\CCC3CCCC2O3)c([N+](=O)[O-])c1. The Bertz CT molecular complexity index is 675. The molecular weight excluding hydrogens is 304 g/mol. The standard InChI is InChI=1S/C14H16N4O5/c19-17(20)9-4-6-11(13(8-9)18(21)22)15-16-12-7-5-10-2-1-3-14(12)23-10/h4,6,8,10,14-15H,1-3,5,7H2/b16-12+. The molecular formula is C14H16N4O5. The van der Waals surface area contributed by atoms with Crippen molar-refractivity contribution in [1.29, 1.82) is 0 Å². The summed E-state index contributed by atoms with van der Waals surface area (Å²) in [5, 5.41) is 26.1. The van der Waals surface area contributed by atoms with Gasteiger partial charge in [0.1, 0.15) is 5.69 Å². The predicted octanol–water partition coefficient (Wildman–Crippen LogP) is 3.00. The average molecular weight is 320 g/mol. The summed E-state index contributed by atoms with van der Waals surface area (Å²) < 4.78 is 5.86. The zero-order chi connectivity index (χ0) is 16.4. The van der Waals surface area contributed by atoms with Gasteiger partial charge >= 0.3 is 5.69 Å². The van der Waals surface area contributed by atoms with Gasteiger partial charge in [-0.05, 0) is 38.2 Å². The van der Waals surface area contributed by atoms with E-state index < -0.39 is 9.85 Å². The van der Waals surface area contributed by atoms with Gasteiger partial charge in [-0.15, -0.1) is 0 Å². The molecule has 122 valence electrons. The Labute approximate surface area is 131 Å². The van der Waals surface area contributed by atoms with Gasteiger partial charge in [-0.1, -0.05) is 0 Å². The fraction of sp³-hybridized carbons (Fsp3) is 0.500. The Morgan fingerprint density at radius 3 is 2.74 bits per heavy atom. The number of rotatable bonds is 4. The highest BCUT2D eigenvalue weighted by Crippen LogP contribution is 2.31. The van der Waals surface area contributed by atoms with Gasteiger partial charge in [0.2, 0.25) is 0 Å². The van der Waals surface area contributed by atoms with E-state index in [1.807, 2.05) is 0 Å². The number of anilines is 1. The minimum Gasteiger partial charge on any atom is -0.369 e. The van der Waals surface area contributed by atoms with E-state index in [2.05, 4.69) is 10.5 Å². The second-order valence-corrected chi connectivity index (χ2v) is 5.65. The van der Waals surface area contributed by atoms with Crippen LogP contribution >= 0.6 is 0 Å². The normalized spacial score (nSPS) is 25.1. The third kappa shape index (κ3) is 3.29. The molecule has 2 unspecified atom stereocenters. The summed E-state index contributed by atoms with van der Waals surface area (Å²) in [7, 11) is 0. The van der Waals surface area contributed by atoms with Crippen LogP contribution in [0.25, 0.3) is 0 Å². The molecule has 2 bridgehead atoms. The van der Waals surface area contributed by atoms with E-state index in [9.17, 15) is 20.2 Å². The number of nitro benzene ring substituents is 2. The fourth-order valence-corrected chi connectivity index (χ4v) is 2.97. The number of ether oxygens (including phenoxy) is 1. The van der Waals surface area contributed by atoms with Gasteiger partial charge in [0, 0.05) is 6.07 Å². The van der Waals surface area contributed by atoms with Gasteiger partial charge in [0.25, 0.3) is 5.69 Å². The molecule has 0 radical (unpaired) electrons. The molecule has 0 spiro atoms. The molecule has 1 aromatic carbocycles. The number of non-ortho nitro benzene ring substituents is 1. The van der Waals surface area contributed by atoms with Crippen LogP contribution in [-0.4, -0.2) is 27.8 Å². The van der Waals surface area contributed by atoms with Gasteiger partial charge < -0.3 is 4.74 Å². The average Bonchev–Trinajstić information content (AvgIpc) is 2.54. The molecule has 2 aliphatic rings. The zero-order valence-electron chi connectivity index (χ0n) is 12.3. The Balaban J connectivity index is 1.81. The number of hydrogen-bond donors (Lipinski definition) is 1. The van der Waals surface area contributed by atoms with Crippen molar-refractivity contribution in [2.24, 2.45) is 5.10 Å². The maximum absolute atomic E-state index is 11.1. The number of hydrogen-bond acceptors (Lipinski definition) is 7. The molecule has 9 nitrogen and oxygen atoms in total. The number of benzene rings is 1. The zero-order valence-corrected chi connectivity index (χ0v) is 12.3. The van der Waals surface area contributed by atoms with Gasteiger partial charge in [-0.2, -0.15) is 5.10 Å². The summed E-state index contributed by atoms with van der Waals surface area (Å²) >= 11 is 0. The molecule has 0 aromatic heterocycles. The van der Waals surface area contributed by atoms with Gasteiger partial charge in [-0.3, -0.25) is 25.7 Å². The largest absolute Gasteiger partial charge is 0.369 e. The highest BCUT2D eigenvalue weighted by Gasteiger charge is 2.31. The molecule has 1 N–H and O–H groups in total. The summed E-state index contributed by atoms with van der Waals surface area (Å²) in [5.41, 5.74) is 2.95. The Morgan fingerprint density at radius 1 is 1.17 bits per heavy atom. The highest BCUT2D eigenvalue weighted by molar-refractivity contribution is 5.90. The topological polar surface area (TPSA) is 120 Å². The van der Waals surface area contributed by atoms with Crippen LogP contribution in [0.3, 0.4) is 0 Å². The summed E-state index contributed by atoms with van der Waals surface area (Å²) in [4.78, 5) is 20.5. The van der Waals surface area contributed by atoms with E-state index in [4.69, 9.17) is 4.74 Å². The van der Waals surface area contributed by atoms with Crippen molar-refractivity contribution in [2.45, 2.75) is 44.3 Å². The minimum absolute atomic E-state index is 0.0351. The second-order valence-electron chi connectivity index (χ2n) is 5.65. The van der Waals surface area contributed by atoms with Gasteiger partial charge in [-0.25, -0.2) is 0 Å². The molecule has 3 rings (SSSR count). The van der Waals surface area contributed by atoms with Crippen LogP contribution in [0, 0.1) is 20.2 Å². The Hall–Kier alpha value is -2.55. The molecule has 2 heterocycles. The fourth-order valence-electron chi connectivity index (χ4n) is 2.97. The summed E-state index contributed by atoms with van der Waals surface area (Å²) in [6.07, 6.45) is 5.02. The number of nitro groups is 2. The molecule has 0 aliphatic carbocycles. The van der Waals surface area contributed by atoms with Crippen molar-refractivity contribution < 1.29 is 14.6 Å². The van der Waals surface area contributed by atoms with Crippen molar-refractivity contribution in [3.63, 3.8) is 0 Å². The molecule has 0 amide bonds. The van der Waals surface area contributed by atoms with E-state index in [1.165, 1.54) is 12.1 Å². The minimum atomic E-state index is -0.667. The number of nitrogens with zero attached hydrogens (tertiary/aromatic N) is 3. The number of nitrogens with one attached hydrogen (secondary N) is 1. The molecule has 2 atom stereocenters. The van der Waals surface area contributed by atoms with E-state index in [0.29, 0.717) is 6.10 Å². The summed E-state index contributed by atoms with van der Waals surface area (Å²) in [6.45, 7) is 0. The predicted molar refractivity (Wildman–Crippen MR) is 82.6 cm³/mol. The first-order chi connectivity index (χ1) is 11.0. The Morgan fingerprint density at radius 2 is 2.00 bits per heavy atom. The molecule has 2 aliphatic heterocycles. The van der Waals surface area contributed by atoms with Crippen molar-refractivity contribution in [2.75, 3.05) is 5.43 Å². The lowest BCUT2D eigenvalue weighted by Gasteiger charge is -2.35. The first kappa shape index (κ1) is 15.3. The van der Waals surface area contributed by atoms with Crippen molar-refractivity contribution >= 4 is 22.8 Å². The van der Waals surface area contributed by atoms with Crippen LogP contribution < -0.4 is 5.43 Å². The van der Waals surface area contributed by atoms with Crippen LogP contribution in [0.15, 0.2) is 23.3 Å². The van der Waals surface area contributed by atoms with E-state index in [1.54, 1.807) is 0 Å². The lowest BCUT2D eigenvalue weighted by atomic mass is 9.90. The molecule has 2 saturated heterocycles. The lowest BCUT2D eigenvalue weighted by Crippen LogP contribution is -2.39. The third-order valence-electron chi connectivity index (χ3n) is 4.15. The van der Waals surface area contributed by atoms with Crippen LogP contribution in [0.5, 0.6) is 0 Å². The molecule has 1 aromatic rings. The van der Waals surface area contributed by atoms with Gasteiger partial charge in [0.05, 0.1) is 33.8 Å². The molecule has 0 saturated carbocycles. The summed E-state index contributed by atoms with van der Waals surface area (Å²) in [5.74, 6) is 0. The maximum Gasteiger partial charge on any atom is 0.301 e. The second kappa shape index (κ2) is 6.29. The van der Waals surface area contributed by atoms with Gasteiger partial charge in [0.15, 0.2) is 0 Å². The number of hydrazone groups is 1. The lowest BCUT2D eigenvalue weighted by molar-refractivity contribution is -0.393. The van der Waals surface area contributed by atoms with Crippen molar-refractivity contribution in [1.82, 2.24) is 0 Å². The quantitative estimate of drug-likeness (QED) is 0.672. The monoisotopic (exact) mass is 320 g/mol. The molecule has 23 heavy (non-hydrogen) atoms. The first-order valence-electron chi connectivity index (χ1n) is 7.45. The van der Waals surface area contributed by atoms with Crippen LogP contribution in [0.2, 0.25) is 0 Å². The van der Waals surface area contributed by atoms with E-state index >= 15 is 0 Å². The van der Waals surface area contributed by atoms with Crippen LogP contribution in [0.1, 0.15) is 32.1 Å². The first-order valence-corrected chi connectivity index (χ1v) is 7.45.